The molecule has 0 bridgehead atoms. The number of rotatable bonds is 14. The second kappa shape index (κ2) is 18.5. The first-order chi connectivity index (χ1) is 29.6. The van der Waals surface area contributed by atoms with Crippen LogP contribution in [-0.4, -0.2) is 58.3 Å². The Hall–Kier alpha value is -7.68. The van der Waals surface area contributed by atoms with Crippen molar-refractivity contribution in [3.05, 3.63) is 156 Å². The molecule has 0 saturated carbocycles. The third kappa shape index (κ3) is 8.71. The van der Waals surface area contributed by atoms with Crippen LogP contribution < -0.4 is 26.5 Å². The number of carbonyl (C=O) groups excluding carboxylic acids is 4. The number of nitrogens with zero attached hydrogens (tertiary/aromatic N) is 3. The normalized spacial score (nSPS) is 11.0. The Morgan fingerprint density at radius 2 is 1.03 bits per heavy atom. The van der Waals surface area contributed by atoms with Gasteiger partial charge in [0.25, 0.3) is 11.8 Å². The number of hydroxylamine groups is 3. The Bertz CT molecular complexity index is 2890. The summed E-state index contributed by atoms with van der Waals surface area (Å²) in [5, 5.41) is 3.60. The average Bonchev–Trinajstić information content (AvgIpc) is 3.77. The molecule has 0 unspecified atom stereocenters. The second-order valence-corrected chi connectivity index (χ2v) is 13.9. The molecule has 61 heavy (non-hydrogen) atoms. The van der Waals surface area contributed by atoms with E-state index < -0.39 is 23.6 Å². The van der Waals surface area contributed by atoms with Crippen molar-refractivity contribution in [2.24, 2.45) is 11.5 Å². The van der Waals surface area contributed by atoms with E-state index in [9.17, 15) is 19.2 Å². The van der Waals surface area contributed by atoms with E-state index in [1.165, 1.54) is 14.0 Å². The molecule has 8 rings (SSSR count). The summed E-state index contributed by atoms with van der Waals surface area (Å²) in [6, 6.07) is 42.1. The molecular weight excluding hydrogens is 777 g/mol. The minimum absolute atomic E-state index is 0.219. The van der Waals surface area contributed by atoms with Gasteiger partial charge in [0.15, 0.2) is 12.4 Å². The lowest BCUT2D eigenvalue weighted by atomic mass is 10.1. The van der Waals surface area contributed by atoms with Crippen molar-refractivity contribution in [3.8, 4) is 11.5 Å². The number of nitrogens with one attached hydrogen (secondary N) is 1. The zero-order chi connectivity index (χ0) is 43.0. The largest absolute Gasteiger partial charge is 0.483 e. The minimum Gasteiger partial charge on any atom is -0.483 e. The summed E-state index contributed by atoms with van der Waals surface area (Å²) in [7, 11) is 1.34. The molecule has 6 aromatic carbocycles. The summed E-state index contributed by atoms with van der Waals surface area (Å²) in [6.45, 7) is 4.44. The lowest BCUT2D eigenvalue weighted by molar-refractivity contribution is -0.279. The smallest absolute Gasteiger partial charge is 0.281 e. The van der Waals surface area contributed by atoms with Crippen LogP contribution in [0.15, 0.2) is 133 Å². The average molecular weight is 821 g/mol. The molecule has 310 valence electrons. The topological polar surface area (TPSA) is 182 Å². The van der Waals surface area contributed by atoms with E-state index in [0.717, 1.165) is 43.8 Å². The molecule has 0 aliphatic carbocycles. The van der Waals surface area contributed by atoms with Gasteiger partial charge in [-0.05, 0) is 71.8 Å². The SMILES string of the molecule is CCONC(=O)COc1cccc2c1c1c(C(N)=O)cccc1n2Cc1ccccc1.CON(Oc1cccc2c1c1c(C(N)=O)cccc1n2Cc1ccccc1)C(C)=O. The predicted octanol–water partition coefficient (Wildman–Crippen LogP) is 7.03. The first kappa shape index (κ1) is 41.5. The van der Waals surface area contributed by atoms with Crippen LogP contribution in [0, 0.1) is 0 Å². The first-order valence-corrected chi connectivity index (χ1v) is 19.4. The summed E-state index contributed by atoms with van der Waals surface area (Å²) < 4.78 is 10.1. The molecule has 8 aromatic rings. The zero-order valence-electron chi connectivity index (χ0n) is 33.8. The van der Waals surface area contributed by atoms with E-state index >= 15 is 0 Å². The van der Waals surface area contributed by atoms with Crippen LogP contribution in [0.5, 0.6) is 11.5 Å². The Morgan fingerprint density at radius 1 is 0.590 bits per heavy atom. The molecule has 0 atom stereocenters. The maximum absolute atomic E-state index is 12.2. The third-order valence-corrected chi connectivity index (χ3v) is 9.95. The molecule has 2 aromatic heterocycles. The Kier molecular flexibility index (Phi) is 12.6. The maximum atomic E-state index is 12.2. The van der Waals surface area contributed by atoms with Crippen LogP contribution >= 0.6 is 0 Å². The molecule has 0 aliphatic heterocycles. The molecule has 0 spiro atoms. The van der Waals surface area contributed by atoms with Gasteiger partial charge < -0.3 is 30.2 Å². The van der Waals surface area contributed by atoms with Gasteiger partial charge in [0, 0.05) is 41.9 Å². The van der Waals surface area contributed by atoms with E-state index in [1.54, 1.807) is 37.3 Å². The van der Waals surface area contributed by atoms with Gasteiger partial charge in [-0.3, -0.25) is 24.0 Å². The Balaban J connectivity index is 0.000000184. The van der Waals surface area contributed by atoms with Crippen molar-refractivity contribution in [1.29, 1.82) is 0 Å². The lowest BCUT2D eigenvalue weighted by Crippen LogP contribution is -2.31. The molecule has 0 fully saturated rings. The summed E-state index contributed by atoms with van der Waals surface area (Å²) in [4.78, 5) is 63.9. The fourth-order valence-electron chi connectivity index (χ4n) is 7.43. The van der Waals surface area contributed by atoms with E-state index in [-0.39, 0.29) is 6.61 Å². The molecule has 4 amide bonds. The third-order valence-electron chi connectivity index (χ3n) is 9.95. The highest BCUT2D eigenvalue weighted by Crippen LogP contribution is 2.40. The quantitative estimate of drug-likeness (QED) is 0.0977. The monoisotopic (exact) mass is 820 g/mol. The van der Waals surface area contributed by atoms with Crippen molar-refractivity contribution in [3.63, 3.8) is 0 Å². The van der Waals surface area contributed by atoms with Crippen molar-refractivity contribution in [2.75, 3.05) is 20.3 Å². The number of ether oxygens (including phenoxy) is 1. The lowest BCUT2D eigenvalue weighted by Gasteiger charge is -2.18. The number of hydrogen-bond acceptors (Lipinski definition) is 8. The molecule has 2 heterocycles. The first-order valence-electron chi connectivity index (χ1n) is 19.4. The van der Waals surface area contributed by atoms with Gasteiger partial charge in [-0.1, -0.05) is 84.9 Å². The van der Waals surface area contributed by atoms with Gasteiger partial charge in [-0.25, -0.2) is 10.3 Å². The minimum atomic E-state index is -0.538. The van der Waals surface area contributed by atoms with Crippen molar-refractivity contribution < 1.29 is 38.4 Å². The summed E-state index contributed by atoms with van der Waals surface area (Å²) in [5.74, 6) is -0.998. The number of nitrogens with two attached hydrogens (primary N) is 2. The van der Waals surface area contributed by atoms with E-state index in [1.807, 2.05) is 103 Å². The van der Waals surface area contributed by atoms with Gasteiger partial charge in [0.1, 0.15) is 5.75 Å². The van der Waals surface area contributed by atoms with E-state index in [2.05, 4.69) is 14.6 Å². The van der Waals surface area contributed by atoms with Gasteiger partial charge >= 0.3 is 0 Å². The van der Waals surface area contributed by atoms with Crippen LogP contribution in [0.1, 0.15) is 45.7 Å². The number of aromatic nitrogens is 2. The van der Waals surface area contributed by atoms with Crippen LogP contribution in [0.25, 0.3) is 43.6 Å². The van der Waals surface area contributed by atoms with Gasteiger partial charge in [-0.15, -0.1) is 0 Å². The summed E-state index contributed by atoms with van der Waals surface area (Å²) in [5.41, 5.74) is 20.1. The number of hydrogen-bond donors (Lipinski definition) is 3. The molecule has 0 radical (unpaired) electrons. The fourth-order valence-corrected chi connectivity index (χ4v) is 7.43. The molecule has 14 nitrogen and oxygen atoms in total. The zero-order valence-corrected chi connectivity index (χ0v) is 33.8. The fraction of sp³-hybridized carbons (Fsp3) is 0.149. The van der Waals surface area contributed by atoms with E-state index in [0.29, 0.717) is 58.5 Å². The number of benzene rings is 6. The molecular formula is C47H44N6O8. The number of amides is 4. The predicted molar refractivity (Wildman–Crippen MR) is 232 cm³/mol. The van der Waals surface area contributed by atoms with Crippen LogP contribution in [-0.2, 0) is 32.4 Å². The Labute approximate surface area is 350 Å². The highest BCUT2D eigenvalue weighted by atomic mass is 17.0. The summed E-state index contributed by atoms with van der Waals surface area (Å²) in [6.07, 6.45) is 0. The number of fused-ring (bicyclic) bond motifs is 6. The number of carbonyl (C=O) groups is 4. The molecule has 14 heteroatoms. The van der Waals surface area contributed by atoms with Crippen LogP contribution in [0.2, 0.25) is 0 Å². The van der Waals surface area contributed by atoms with Crippen LogP contribution in [0.3, 0.4) is 0 Å². The molecule has 0 aliphatic rings. The van der Waals surface area contributed by atoms with Crippen LogP contribution in [0.4, 0.5) is 0 Å². The van der Waals surface area contributed by atoms with Crippen molar-refractivity contribution in [1.82, 2.24) is 19.8 Å². The highest BCUT2D eigenvalue weighted by Gasteiger charge is 2.23. The standard InChI is InChI=1S/C24H23N3O4.C23H21N3O4/c1-2-31-26-21(28)15-30-20-13-7-12-19-23(20)22-17(24(25)29)10-6-11-18(22)27(19)14-16-8-4-3-5-9-16;1-15(27)26(29-2)30-20-13-7-12-19-22(20)21-17(23(24)28)10-6-11-18(21)25(19)14-16-8-4-3-5-9-16/h3-13H,2,14-15H2,1H3,(H2,25,29)(H,26,28);3-13H,14H2,1-2H3,(H2,24,28). The highest BCUT2D eigenvalue weighted by molar-refractivity contribution is 6.21. The van der Waals surface area contributed by atoms with Gasteiger partial charge in [-0.2, -0.15) is 0 Å². The summed E-state index contributed by atoms with van der Waals surface area (Å²) >= 11 is 0. The van der Waals surface area contributed by atoms with Gasteiger partial charge in [0.05, 0.1) is 46.6 Å². The van der Waals surface area contributed by atoms with Gasteiger partial charge in [0.2, 0.25) is 11.8 Å². The molecule has 5 N–H and O–H groups in total. The molecule has 0 saturated heterocycles. The van der Waals surface area contributed by atoms with Crippen molar-refractivity contribution in [2.45, 2.75) is 26.9 Å². The van der Waals surface area contributed by atoms with E-state index in [4.69, 9.17) is 30.7 Å². The maximum Gasteiger partial charge on any atom is 0.281 e. The second-order valence-electron chi connectivity index (χ2n) is 13.9. The number of primary amides is 2. The Morgan fingerprint density at radius 3 is 1.48 bits per heavy atom. The van der Waals surface area contributed by atoms with Crippen molar-refractivity contribution >= 4 is 67.2 Å².